The first-order valence-electron chi connectivity index (χ1n) is 8.47. The van der Waals surface area contributed by atoms with Gasteiger partial charge in [-0.05, 0) is 72.6 Å². The lowest BCUT2D eigenvalue weighted by Crippen LogP contribution is -2.30. The maximum absolute atomic E-state index is 14.2. The van der Waals surface area contributed by atoms with E-state index in [1.54, 1.807) is 12.1 Å². The highest BCUT2D eigenvalue weighted by molar-refractivity contribution is 6.30. The number of anilines is 1. The molecule has 1 aliphatic carbocycles. The molecule has 0 heterocycles. The van der Waals surface area contributed by atoms with Crippen molar-refractivity contribution in [1.29, 1.82) is 0 Å². The van der Waals surface area contributed by atoms with Crippen molar-refractivity contribution in [1.82, 2.24) is 5.32 Å². The first-order chi connectivity index (χ1) is 11.9. The van der Waals surface area contributed by atoms with Gasteiger partial charge in [0.05, 0.1) is 5.69 Å². The Kier molecular flexibility index (Phi) is 5.00. The van der Waals surface area contributed by atoms with E-state index in [0.717, 1.165) is 23.1 Å². The maximum atomic E-state index is 14.2. The van der Waals surface area contributed by atoms with Crippen molar-refractivity contribution in [2.24, 2.45) is 5.41 Å². The molecule has 1 fully saturated rings. The smallest absolute Gasteiger partial charge is 0.319 e. The van der Waals surface area contributed by atoms with Crippen molar-refractivity contribution >= 4 is 23.3 Å². The Morgan fingerprint density at radius 3 is 2.72 bits per heavy atom. The van der Waals surface area contributed by atoms with E-state index < -0.39 is 5.82 Å². The number of benzene rings is 2. The Bertz CT molecular complexity index is 802. The molecule has 2 N–H and O–H groups in total. The first kappa shape index (κ1) is 17.7. The molecule has 2 aromatic carbocycles. The number of halogens is 2. The predicted octanol–water partition coefficient (Wildman–Crippen LogP) is 5.77. The van der Waals surface area contributed by atoms with Gasteiger partial charge in [-0.1, -0.05) is 30.7 Å². The molecular formula is C20H22ClFN2O. The molecule has 2 aromatic rings. The van der Waals surface area contributed by atoms with E-state index in [1.165, 1.54) is 18.9 Å². The van der Waals surface area contributed by atoms with E-state index in [-0.39, 0.29) is 11.7 Å². The van der Waals surface area contributed by atoms with Gasteiger partial charge in [0.1, 0.15) is 5.82 Å². The van der Waals surface area contributed by atoms with Crippen LogP contribution in [0.5, 0.6) is 0 Å². The molecule has 2 amide bonds. The third-order valence-corrected chi connectivity index (χ3v) is 5.05. The topological polar surface area (TPSA) is 41.1 Å². The summed E-state index contributed by atoms with van der Waals surface area (Å²) in [5.41, 5.74) is 3.05. The van der Waals surface area contributed by atoms with Crippen LogP contribution in [0, 0.1) is 18.2 Å². The van der Waals surface area contributed by atoms with E-state index in [9.17, 15) is 9.18 Å². The standard InChI is InChI=1S/C20H22ClFN2O/c1-13-10-17(22)18(12-16(13)14-4-3-5-15(21)11-14)24-19(25)23-9-8-20(2)6-7-20/h3-5,10-12H,6-9H2,1-2H3,(H2,23,24,25). The van der Waals surface area contributed by atoms with Crippen LogP contribution in [0.3, 0.4) is 0 Å². The fourth-order valence-electron chi connectivity index (χ4n) is 2.84. The summed E-state index contributed by atoms with van der Waals surface area (Å²) in [6, 6.07) is 10.1. The molecule has 0 unspecified atom stereocenters. The second-order valence-electron chi connectivity index (χ2n) is 7.10. The summed E-state index contributed by atoms with van der Waals surface area (Å²) in [6.07, 6.45) is 3.38. The van der Waals surface area contributed by atoms with E-state index in [2.05, 4.69) is 17.6 Å². The first-order valence-corrected chi connectivity index (χ1v) is 8.85. The third kappa shape index (κ3) is 4.51. The molecule has 0 spiro atoms. The number of aryl methyl sites for hydroxylation is 1. The van der Waals surface area contributed by atoms with Crippen LogP contribution in [-0.2, 0) is 0 Å². The Labute approximate surface area is 152 Å². The van der Waals surface area contributed by atoms with Crippen molar-refractivity contribution in [3.8, 4) is 11.1 Å². The lowest BCUT2D eigenvalue weighted by atomic mass is 9.99. The number of nitrogens with one attached hydrogen (secondary N) is 2. The molecule has 0 radical (unpaired) electrons. The second kappa shape index (κ2) is 7.04. The van der Waals surface area contributed by atoms with Crippen molar-refractivity contribution < 1.29 is 9.18 Å². The van der Waals surface area contributed by atoms with E-state index in [1.807, 2.05) is 25.1 Å². The maximum Gasteiger partial charge on any atom is 0.319 e. The molecule has 0 aromatic heterocycles. The van der Waals surface area contributed by atoms with Crippen LogP contribution in [0.25, 0.3) is 11.1 Å². The zero-order valence-electron chi connectivity index (χ0n) is 14.5. The molecule has 1 aliphatic rings. The van der Waals surface area contributed by atoms with Crippen LogP contribution in [0.2, 0.25) is 5.02 Å². The summed E-state index contributed by atoms with van der Waals surface area (Å²) in [4.78, 5) is 12.0. The molecule has 25 heavy (non-hydrogen) atoms. The summed E-state index contributed by atoms with van der Waals surface area (Å²) in [5.74, 6) is -0.451. The average molecular weight is 361 g/mol. The lowest BCUT2D eigenvalue weighted by molar-refractivity contribution is 0.251. The Morgan fingerprint density at radius 1 is 1.28 bits per heavy atom. The highest BCUT2D eigenvalue weighted by Gasteiger charge is 2.36. The highest BCUT2D eigenvalue weighted by Crippen LogP contribution is 2.47. The number of carbonyl (C=O) groups excluding carboxylic acids is 1. The van der Waals surface area contributed by atoms with Crippen LogP contribution >= 0.6 is 11.6 Å². The van der Waals surface area contributed by atoms with E-state index in [0.29, 0.717) is 17.0 Å². The fraction of sp³-hybridized carbons (Fsp3) is 0.350. The monoisotopic (exact) mass is 360 g/mol. The van der Waals surface area contributed by atoms with Gasteiger partial charge in [0.2, 0.25) is 0 Å². The Balaban J connectivity index is 1.72. The fourth-order valence-corrected chi connectivity index (χ4v) is 3.03. The third-order valence-electron chi connectivity index (χ3n) is 4.82. The minimum absolute atomic E-state index is 0.163. The summed E-state index contributed by atoms with van der Waals surface area (Å²) in [5, 5.41) is 6.02. The molecule has 1 saturated carbocycles. The molecular weight excluding hydrogens is 339 g/mol. The molecule has 5 heteroatoms. The van der Waals surface area contributed by atoms with Gasteiger partial charge >= 0.3 is 6.03 Å². The zero-order valence-corrected chi connectivity index (χ0v) is 15.2. The predicted molar refractivity (Wildman–Crippen MR) is 101 cm³/mol. The Hall–Kier alpha value is -2.07. The summed E-state index contributed by atoms with van der Waals surface area (Å²) >= 11 is 6.05. The van der Waals surface area contributed by atoms with Crippen LogP contribution in [0.15, 0.2) is 36.4 Å². The minimum atomic E-state index is -0.451. The molecule has 0 aliphatic heterocycles. The van der Waals surface area contributed by atoms with E-state index in [4.69, 9.17) is 11.6 Å². The van der Waals surface area contributed by atoms with Crippen molar-refractivity contribution in [3.63, 3.8) is 0 Å². The molecule has 0 atom stereocenters. The van der Waals surface area contributed by atoms with Gasteiger partial charge in [-0.3, -0.25) is 0 Å². The zero-order chi connectivity index (χ0) is 18.0. The summed E-state index contributed by atoms with van der Waals surface area (Å²) < 4.78 is 14.2. The highest BCUT2D eigenvalue weighted by atomic mass is 35.5. The van der Waals surface area contributed by atoms with Gasteiger partial charge in [-0.25, -0.2) is 9.18 Å². The number of rotatable bonds is 5. The summed E-state index contributed by atoms with van der Waals surface area (Å²) in [7, 11) is 0. The Morgan fingerprint density at radius 2 is 2.04 bits per heavy atom. The van der Waals surface area contributed by atoms with Gasteiger partial charge in [0, 0.05) is 11.6 Å². The second-order valence-corrected chi connectivity index (χ2v) is 7.54. The number of hydrogen-bond acceptors (Lipinski definition) is 1. The number of hydrogen-bond donors (Lipinski definition) is 2. The number of carbonyl (C=O) groups is 1. The van der Waals surface area contributed by atoms with E-state index >= 15 is 0 Å². The van der Waals surface area contributed by atoms with Crippen molar-refractivity contribution in [2.75, 3.05) is 11.9 Å². The van der Waals surface area contributed by atoms with Crippen molar-refractivity contribution in [3.05, 3.63) is 52.8 Å². The molecule has 3 nitrogen and oxygen atoms in total. The van der Waals surface area contributed by atoms with Gasteiger partial charge in [-0.2, -0.15) is 0 Å². The summed E-state index contributed by atoms with van der Waals surface area (Å²) in [6.45, 7) is 4.64. The lowest BCUT2D eigenvalue weighted by Gasteiger charge is -2.14. The average Bonchev–Trinajstić information content (AvgIpc) is 3.27. The minimum Gasteiger partial charge on any atom is -0.338 e. The normalized spacial score (nSPS) is 14.9. The van der Waals surface area contributed by atoms with Crippen LogP contribution in [0.1, 0.15) is 31.7 Å². The number of amides is 2. The van der Waals surface area contributed by atoms with Gasteiger partial charge < -0.3 is 10.6 Å². The quantitative estimate of drug-likeness (QED) is 0.698. The number of urea groups is 1. The largest absolute Gasteiger partial charge is 0.338 e. The van der Waals surface area contributed by atoms with Gasteiger partial charge in [-0.15, -0.1) is 0 Å². The molecule has 3 rings (SSSR count). The SMILES string of the molecule is Cc1cc(F)c(NC(=O)NCCC2(C)CC2)cc1-c1cccc(Cl)c1. The van der Waals surface area contributed by atoms with Crippen LogP contribution in [-0.4, -0.2) is 12.6 Å². The van der Waals surface area contributed by atoms with Gasteiger partial charge in [0.15, 0.2) is 0 Å². The molecule has 0 bridgehead atoms. The molecule has 132 valence electrons. The van der Waals surface area contributed by atoms with Crippen molar-refractivity contribution in [2.45, 2.75) is 33.1 Å². The van der Waals surface area contributed by atoms with Gasteiger partial charge in [0.25, 0.3) is 0 Å². The molecule has 0 saturated heterocycles. The van der Waals surface area contributed by atoms with Crippen LogP contribution < -0.4 is 10.6 Å². The van der Waals surface area contributed by atoms with Crippen LogP contribution in [0.4, 0.5) is 14.9 Å².